The second kappa shape index (κ2) is 8.05. The first-order valence-electron chi connectivity index (χ1n) is 8.34. The van der Waals surface area contributed by atoms with Crippen LogP contribution in [-0.4, -0.2) is 15.0 Å². The van der Waals surface area contributed by atoms with Crippen molar-refractivity contribution in [1.29, 1.82) is 0 Å². The highest BCUT2D eigenvalue weighted by Crippen LogP contribution is 2.11. The Balaban J connectivity index is 1.71. The molecule has 0 saturated carbocycles. The minimum Gasteiger partial charge on any atom is -0.350 e. The van der Waals surface area contributed by atoms with Crippen LogP contribution in [0.3, 0.4) is 0 Å². The second-order valence-electron chi connectivity index (χ2n) is 6.15. The van der Waals surface area contributed by atoms with Crippen molar-refractivity contribution >= 4 is 17.5 Å². The van der Waals surface area contributed by atoms with E-state index in [1.165, 1.54) is 17.0 Å². The minimum atomic E-state index is -0.766. The topological polar surface area (TPSA) is 73.1 Å². The summed E-state index contributed by atoms with van der Waals surface area (Å²) in [6.45, 7) is 2.12. The molecule has 0 radical (unpaired) electrons. The van der Waals surface area contributed by atoms with Gasteiger partial charge in [-0.15, -0.1) is 0 Å². The van der Waals surface area contributed by atoms with Gasteiger partial charge in [0, 0.05) is 29.6 Å². The van der Waals surface area contributed by atoms with Crippen LogP contribution in [0.5, 0.6) is 0 Å². The highest BCUT2D eigenvalue weighted by Gasteiger charge is 2.10. The first-order chi connectivity index (χ1) is 12.9. The number of halogens is 1. The number of aromatic nitrogens is 2. The number of amides is 1. The zero-order valence-electron chi connectivity index (χ0n) is 14.7. The van der Waals surface area contributed by atoms with E-state index in [1.807, 2.05) is 31.2 Å². The van der Waals surface area contributed by atoms with Gasteiger partial charge in [0.2, 0.25) is 5.91 Å². The molecule has 0 fully saturated rings. The van der Waals surface area contributed by atoms with E-state index >= 15 is 0 Å². The van der Waals surface area contributed by atoms with E-state index < -0.39 is 11.1 Å². The summed E-state index contributed by atoms with van der Waals surface area (Å²) >= 11 is 5.84. The van der Waals surface area contributed by atoms with Gasteiger partial charge < -0.3 is 5.32 Å². The molecule has 1 amide bonds. The lowest BCUT2D eigenvalue weighted by Crippen LogP contribution is -2.42. The number of benzene rings is 2. The fraction of sp³-hybridized carbons (Fsp3) is 0.150. The monoisotopic (exact) mass is 383 g/mol. The van der Waals surface area contributed by atoms with Crippen LogP contribution in [0, 0.1) is 6.92 Å². The van der Waals surface area contributed by atoms with Gasteiger partial charge in [-0.2, -0.15) is 0 Å². The average molecular weight is 384 g/mol. The molecular weight excluding hydrogens is 366 g/mol. The summed E-state index contributed by atoms with van der Waals surface area (Å²) in [7, 11) is 0. The van der Waals surface area contributed by atoms with E-state index in [9.17, 15) is 14.4 Å². The van der Waals surface area contributed by atoms with Gasteiger partial charge in [0.1, 0.15) is 6.54 Å². The van der Waals surface area contributed by atoms with Gasteiger partial charge in [0.05, 0.1) is 0 Å². The summed E-state index contributed by atoms with van der Waals surface area (Å²) in [5.41, 5.74) is 1.12. The van der Waals surface area contributed by atoms with Crippen LogP contribution >= 0.6 is 11.6 Å². The molecule has 3 aromatic rings. The maximum absolute atomic E-state index is 12.3. The number of rotatable bonds is 5. The van der Waals surface area contributed by atoms with Gasteiger partial charge in [-0.25, -0.2) is 0 Å². The van der Waals surface area contributed by atoms with E-state index in [1.54, 1.807) is 24.3 Å². The van der Waals surface area contributed by atoms with Crippen LogP contribution in [0.1, 0.15) is 11.1 Å². The Hall–Kier alpha value is -3.12. The van der Waals surface area contributed by atoms with Crippen LogP contribution in [-0.2, 0) is 17.9 Å². The van der Waals surface area contributed by atoms with Crippen molar-refractivity contribution in [3.05, 3.63) is 97.8 Å². The summed E-state index contributed by atoms with van der Waals surface area (Å²) in [6, 6.07) is 14.3. The third-order valence-corrected chi connectivity index (χ3v) is 4.34. The molecule has 0 aliphatic heterocycles. The van der Waals surface area contributed by atoms with Crippen LogP contribution < -0.4 is 16.4 Å². The van der Waals surface area contributed by atoms with Crippen LogP contribution in [0.2, 0.25) is 5.02 Å². The number of carbonyl (C=O) groups is 1. The van der Waals surface area contributed by atoms with Gasteiger partial charge >= 0.3 is 11.1 Å². The summed E-state index contributed by atoms with van der Waals surface area (Å²) in [5, 5.41) is 3.28. The fourth-order valence-corrected chi connectivity index (χ4v) is 2.68. The van der Waals surface area contributed by atoms with Crippen molar-refractivity contribution in [3.63, 3.8) is 0 Å². The molecule has 0 unspecified atom stereocenters. The average Bonchev–Trinajstić information content (AvgIpc) is 2.66. The Labute approximate surface area is 160 Å². The molecule has 3 rings (SSSR count). The number of nitrogens with one attached hydrogen (secondary N) is 1. The quantitative estimate of drug-likeness (QED) is 0.687. The first-order valence-corrected chi connectivity index (χ1v) is 8.72. The smallest absolute Gasteiger partial charge is 0.320 e. The molecule has 0 atom stereocenters. The van der Waals surface area contributed by atoms with Crippen LogP contribution in [0.15, 0.2) is 70.5 Å². The molecule has 6 nitrogen and oxygen atoms in total. The molecule has 2 aromatic carbocycles. The molecule has 1 heterocycles. The van der Waals surface area contributed by atoms with E-state index in [-0.39, 0.29) is 12.5 Å². The van der Waals surface area contributed by atoms with Gasteiger partial charge in [0.25, 0.3) is 0 Å². The summed E-state index contributed by atoms with van der Waals surface area (Å²) in [4.78, 5) is 36.7. The predicted octanol–water partition coefficient (Wildman–Crippen LogP) is 2.28. The molecule has 1 N–H and O–H groups in total. The standard InChI is InChI=1S/C20H18ClN3O3/c1-14-2-4-15(5-3-14)12-22-18(25)13-23-10-11-24(20(27)19(23)26)17-8-6-16(21)7-9-17/h2-11H,12-13H2,1H3,(H,22,25). The number of nitrogens with zero attached hydrogens (tertiary/aromatic N) is 2. The van der Waals surface area contributed by atoms with E-state index in [2.05, 4.69) is 5.32 Å². The highest BCUT2D eigenvalue weighted by atomic mass is 35.5. The molecule has 0 spiro atoms. The van der Waals surface area contributed by atoms with Gasteiger partial charge in [-0.05, 0) is 36.8 Å². The molecular formula is C20H18ClN3O3. The van der Waals surface area contributed by atoms with E-state index in [0.717, 1.165) is 15.7 Å². The number of hydrogen-bond acceptors (Lipinski definition) is 3. The Bertz CT molecular complexity index is 1070. The lowest BCUT2D eigenvalue weighted by Gasteiger charge is -2.10. The lowest BCUT2D eigenvalue weighted by molar-refractivity contribution is -0.121. The SMILES string of the molecule is Cc1ccc(CNC(=O)Cn2ccn(-c3ccc(Cl)cc3)c(=O)c2=O)cc1. The summed E-state index contributed by atoms with van der Waals surface area (Å²) in [6.07, 6.45) is 2.88. The largest absolute Gasteiger partial charge is 0.350 e. The Kier molecular flexibility index (Phi) is 5.57. The molecule has 27 heavy (non-hydrogen) atoms. The number of aryl methyl sites for hydroxylation is 1. The fourth-order valence-electron chi connectivity index (χ4n) is 2.56. The number of hydrogen-bond donors (Lipinski definition) is 1. The van der Waals surface area contributed by atoms with Crippen molar-refractivity contribution < 1.29 is 4.79 Å². The Morgan fingerprint density at radius 3 is 2.30 bits per heavy atom. The van der Waals surface area contributed by atoms with Gasteiger partial charge in [0.15, 0.2) is 0 Å². The summed E-state index contributed by atoms with van der Waals surface area (Å²) in [5.74, 6) is -0.346. The summed E-state index contributed by atoms with van der Waals surface area (Å²) < 4.78 is 2.32. The maximum Gasteiger partial charge on any atom is 0.320 e. The Morgan fingerprint density at radius 2 is 1.63 bits per heavy atom. The third-order valence-electron chi connectivity index (χ3n) is 4.09. The van der Waals surface area contributed by atoms with Crippen molar-refractivity contribution in [1.82, 2.24) is 14.5 Å². The molecule has 0 bridgehead atoms. The Morgan fingerprint density at radius 1 is 0.963 bits per heavy atom. The van der Waals surface area contributed by atoms with Gasteiger partial charge in [-0.3, -0.25) is 23.5 Å². The maximum atomic E-state index is 12.3. The lowest BCUT2D eigenvalue weighted by atomic mass is 10.1. The van der Waals surface area contributed by atoms with Crippen LogP contribution in [0.4, 0.5) is 0 Å². The molecule has 7 heteroatoms. The number of carbonyl (C=O) groups excluding carboxylic acids is 1. The minimum absolute atomic E-state index is 0.221. The van der Waals surface area contributed by atoms with Gasteiger partial charge in [-0.1, -0.05) is 41.4 Å². The van der Waals surface area contributed by atoms with Crippen molar-refractivity contribution in [2.24, 2.45) is 0 Å². The second-order valence-corrected chi connectivity index (χ2v) is 6.58. The molecule has 0 saturated heterocycles. The first kappa shape index (κ1) is 18.7. The van der Waals surface area contributed by atoms with Crippen molar-refractivity contribution in [3.8, 4) is 5.69 Å². The predicted molar refractivity (Wildman–Crippen MR) is 104 cm³/mol. The van der Waals surface area contributed by atoms with E-state index in [0.29, 0.717) is 17.3 Å². The zero-order chi connectivity index (χ0) is 19.4. The molecule has 0 aliphatic carbocycles. The highest BCUT2D eigenvalue weighted by molar-refractivity contribution is 6.30. The third kappa shape index (κ3) is 4.54. The normalized spacial score (nSPS) is 10.6. The molecule has 138 valence electrons. The molecule has 1 aromatic heterocycles. The van der Waals surface area contributed by atoms with E-state index in [4.69, 9.17) is 11.6 Å². The van der Waals surface area contributed by atoms with Crippen molar-refractivity contribution in [2.75, 3.05) is 0 Å². The zero-order valence-corrected chi connectivity index (χ0v) is 15.4. The van der Waals surface area contributed by atoms with Crippen LogP contribution in [0.25, 0.3) is 5.69 Å². The molecule has 0 aliphatic rings. The van der Waals surface area contributed by atoms with Crippen molar-refractivity contribution in [2.45, 2.75) is 20.0 Å².